The number of para-hydroxylation sites is 1. The zero-order chi connectivity index (χ0) is 14.3. The number of rotatable bonds is 2. The van der Waals surface area contributed by atoms with Crippen LogP contribution < -0.4 is 0 Å². The van der Waals surface area contributed by atoms with E-state index >= 15 is 0 Å². The van der Waals surface area contributed by atoms with E-state index < -0.39 is 0 Å². The average molecular weight is 285 g/mol. The molecule has 0 spiro atoms. The third-order valence-corrected chi connectivity index (χ3v) is 3.97. The summed E-state index contributed by atoms with van der Waals surface area (Å²) in [6.07, 6.45) is 0. The minimum Gasteiger partial charge on any atom is -0.333 e. The molecule has 0 fully saturated rings. The van der Waals surface area contributed by atoms with Crippen molar-refractivity contribution in [3.63, 3.8) is 0 Å². The van der Waals surface area contributed by atoms with Gasteiger partial charge in [-0.15, -0.1) is 12.6 Å². The fraction of sp³-hybridized carbons (Fsp3) is 0.176. The molecule has 2 aromatic carbocycles. The molecule has 0 bridgehead atoms. The molecule has 102 valence electrons. The Bertz CT molecular complexity index is 757. The molecular formula is C17H16FNS. The van der Waals surface area contributed by atoms with Gasteiger partial charge in [0.1, 0.15) is 5.82 Å². The van der Waals surface area contributed by atoms with Crippen LogP contribution in [0, 0.1) is 5.82 Å². The Morgan fingerprint density at radius 3 is 2.30 bits per heavy atom. The van der Waals surface area contributed by atoms with Crippen LogP contribution in [-0.2, 0) is 0 Å². The maximum Gasteiger partial charge on any atom is 0.123 e. The van der Waals surface area contributed by atoms with Crippen LogP contribution in [-0.4, -0.2) is 4.57 Å². The molecule has 1 heterocycles. The number of thiol groups is 1. The summed E-state index contributed by atoms with van der Waals surface area (Å²) in [6.45, 7) is 4.28. The molecule has 3 aromatic rings. The molecule has 20 heavy (non-hydrogen) atoms. The molecule has 1 nitrogen and oxygen atoms in total. The average Bonchev–Trinajstić information content (AvgIpc) is 2.72. The molecule has 0 amide bonds. The van der Waals surface area contributed by atoms with E-state index in [0.29, 0.717) is 6.04 Å². The second-order valence-corrected chi connectivity index (χ2v) is 5.61. The Morgan fingerprint density at radius 1 is 1.00 bits per heavy atom. The molecule has 0 saturated carbocycles. The van der Waals surface area contributed by atoms with Crippen LogP contribution in [0.25, 0.3) is 22.0 Å². The Hall–Kier alpha value is -1.74. The van der Waals surface area contributed by atoms with Crippen LogP contribution in [0.1, 0.15) is 19.9 Å². The highest BCUT2D eigenvalue weighted by atomic mass is 32.1. The first-order valence-electron chi connectivity index (χ1n) is 6.67. The largest absolute Gasteiger partial charge is 0.333 e. The second kappa shape index (κ2) is 4.98. The monoisotopic (exact) mass is 285 g/mol. The molecule has 0 aliphatic rings. The second-order valence-electron chi connectivity index (χ2n) is 5.19. The van der Waals surface area contributed by atoms with Crippen molar-refractivity contribution in [3.05, 3.63) is 54.3 Å². The molecule has 0 saturated heterocycles. The lowest BCUT2D eigenvalue weighted by molar-refractivity contribution is 0.582. The Balaban J connectivity index is 2.35. The number of fused-ring (bicyclic) bond motifs is 1. The fourth-order valence-electron chi connectivity index (χ4n) is 2.67. The van der Waals surface area contributed by atoms with E-state index in [1.807, 2.05) is 24.3 Å². The van der Waals surface area contributed by atoms with Crippen LogP contribution in [0.3, 0.4) is 0 Å². The van der Waals surface area contributed by atoms with Gasteiger partial charge < -0.3 is 4.57 Å². The third kappa shape index (κ3) is 2.02. The van der Waals surface area contributed by atoms with Crippen LogP contribution in [0.5, 0.6) is 0 Å². The molecule has 0 atom stereocenters. The molecule has 3 rings (SSSR count). The zero-order valence-corrected chi connectivity index (χ0v) is 12.4. The number of nitrogens with zero attached hydrogens (tertiary/aromatic N) is 1. The molecule has 0 unspecified atom stereocenters. The van der Waals surface area contributed by atoms with Crippen molar-refractivity contribution in [1.82, 2.24) is 4.57 Å². The van der Waals surface area contributed by atoms with E-state index in [4.69, 9.17) is 12.6 Å². The summed E-state index contributed by atoms with van der Waals surface area (Å²) in [7, 11) is 0. The van der Waals surface area contributed by atoms with Gasteiger partial charge in [-0.3, -0.25) is 0 Å². The van der Waals surface area contributed by atoms with Gasteiger partial charge in [0.05, 0.1) is 5.03 Å². The van der Waals surface area contributed by atoms with Crippen molar-refractivity contribution >= 4 is 23.5 Å². The van der Waals surface area contributed by atoms with E-state index in [9.17, 15) is 4.39 Å². The minimum absolute atomic E-state index is 0.220. The van der Waals surface area contributed by atoms with Crippen LogP contribution in [0.2, 0.25) is 0 Å². The highest BCUT2D eigenvalue weighted by Crippen LogP contribution is 2.38. The Morgan fingerprint density at radius 2 is 1.65 bits per heavy atom. The fourth-order valence-corrected chi connectivity index (χ4v) is 3.26. The third-order valence-electron chi connectivity index (χ3n) is 3.53. The Labute approximate surface area is 123 Å². The minimum atomic E-state index is -0.220. The molecule has 3 heteroatoms. The van der Waals surface area contributed by atoms with Crippen molar-refractivity contribution in [2.75, 3.05) is 0 Å². The topological polar surface area (TPSA) is 4.93 Å². The summed E-state index contributed by atoms with van der Waals surface area (Å²) in [6, 6.07) is 15.2. The maximum atomic E-state index is 13.1. The maximum absolute atomic E-state index is 13.1. The zero-order valence-electron chi connectivity index (χ0n) is 11.5. The number of halogens is 1. The van der Waals surface area contributed by atoms with Gasteiger partial charge in [0.2, 0.25) is 0 Å². The van der Waals surface area contributed by atoms with Gasteiger partial charge in [-0.05, 0) is 37.6 Å². The summed E-state index contributed by atoms with van der Waals surface area (Å²) in [5.74, 6) is -0.220. The summed E-state index contributed by atoms with van der Waals surface area (Å²) < 4.78 is 15.3. The number of benzene rings is 2. The number of hydrogen-bond donors (Lipinski definition) is 1. The normalized spacial score (nSPS) is 11.4. The van der Waals surface area contributed by atoms with E-state index in [1.54, 1.807) is 0 Å². The van der Waals surface area contributed by atoms with E-state index in [0.717, 1.165) is 27.1 Å². The molecule has 0 aliphatic carbocycles. The predicted molar refractivity (Wildman–Crippen MR) is 85.0 cm³/mol. The lowest BCUT2D eigenvalue weighted by atomic mass is 10.0. The van der Waals surface area contributed by atoms with Crippen molar-refractivity contribution in [2.45, 2.75) is 24.9 Å². The van der Waals surface area contributed by atoms with Gasteiger partial charge in [0.25, 0.3) is 0 Å². The van der Waals surface area contributed by atoms with E-state index in [1.165, 1.54) is 12.1 Å². The van der Waals surface area contributed by atoms with Crippen molar-refractivity contribution in [1.29, 1.82) is 0 Å². The highest BCUT2D eigenvalue weighted by Gasteiger charge is 2.17. The van der Waals surface area contributed by atoms with Crippen molar-refractivity contribution in [2.24, 2.45) is 0 Å². The lowest BCUT2D eigenvalue weighted by Gasteiger charge is -2.12. The van der Waals surface area contributed by atoms with Gasteiger partial charge in [-0.25, -0.2) is 4.39 Å². The lowest BCUT2D eigenvalue weighted by Crippen LogP contribution is -2.00. The summed E-state index contributed by atoms with van der Waals surface area (Å²) in [4.78, 5) is 0. The van der Waals surface area contributed by atoms with E-state index in [-0.39, 0.29) is 5.82 Å². The first kappa shape index (κ1) is 13.3. The molecule has 0 N–H and O–H groups in total. The van der Waals surface area contributed by atoms with Gasteiger partial charge in [-0.2, -0.15) is 0 Å². The highest BCUT2D eigenvalue weighted by molar-refractivity contribution is 7.80. The van der Waals surface area contributed by atoms with E-state index in [2.05, 4.69) is 30.5 Å². The quantitative estimate of drug-likeness (QED) is 0.608. The van der Waals surface area contributed by atoms with Crippen LogP contribution in [0.4, 0.5) is 4.39 Å². The summed E-state index contributed by atoms with van der Waals surface area (Å²) >= 11 is 4.72. The molecule has 0 aliphatic heterocycles. The summed E-state index contributed by atoms with van der Waals surface area (Å²) in [5.41, 5.74) is 3.22. The number of aromatic nitrogens is 1. The number of hydrogen-bond acceptors (Lipinski definition) is 1. The predicted octanol–water partition coefficient (Wildman–Crippen LogP) is 5.32. The van der Waals surface area contributed by atoms with Gasteiger partial charge >= 0.3 is 0 Å². The van der Waals surface area contributed by atoms with Gasteiger partial charge in [0, 0.05) is 22.5 Å². The standard InChI is InChI=1S/C17H16FNS/c1-11(2)19-15-6-4-3-5-14(15)16(17(19)20)12-7-9-13(18)10-8-12/h3-11,20H,1-2H3. The van der Waals surface area contributed by atoms with Gasteiger partial charge in [0.15, 0.2) is 0 Å². The van der Waals surface area contributed by atoms with Crippen LogP contribution in [0.15, 0.2) is 53.6 Å². The SMILES string of the molecule is CC(C)n1c(S)c(-c2ccc(F)cc2)c2ccccc21. The Kier molecular flexibility index (Phi) is 3.30. The van der Waals surface area contributed by atoms with Crippen LogP contribution >= 0.6 is 12.6 Å². The first-order valence-corrected chi connectivity index (χ1v) is 7.12. The first-order chi connectivity index (χ1) is 9.59. The molecule has 1 aromatic heterocycles. The molecular weight excluding hydrogens is 269 g/mol. The smallest absolute Gasteiger partial charge is 0.123 e. The van der Waals surface area contributed by atoms with Crippen molar-refractivity contribution in [3.8, 4) is 11.1 Å². The molecule has 0 radical (unpaired) electrons. The summed E-state index contributed by atoms with van der Waals surface area (Å²) in [5, 5.41) is 2.07. The van der Waals surface area contributed by atoms with Crippen molar-refractivity contribution < 1.29 is 4.39 Å². The van der Waals surface area contributed by atoms with Gasteiger partial charge in [-0.1, -0.05) is 30.3 Å².